The molecule has 7 nitrogen and oxygen atoms in total. The molecule has 0 saturated carbocycles. The van der Waals surface area contributed by atoms with Crippen LogP contribution in [0.25, 0.3) is 22.4 Å². The third-order valence-electron chi connectivity index (χ3n) is 5.97. The fraction of sp³-hybridized carbons (Fsp3) is 0.308. The van der Waals surface area contributed by atoms with Crippen LogP contribution in [0.3, 0.4) is 0 Å². The summed E-state index contributed by atoms with van der Waals surface area (Å²) in [4.78, 5) is 15.1. The summed E-state index contributed by atoms with van der Waals surface area (Å²) in [7, 11) is 0. The van der Waals surface area contributed by atoms with E-state index in [1.54, 1.807) is 6.20 Å². The number of aromatic amines is 1. The highest BCUT2D eigenvalue weighted by Gasteiger charge is 2.17. The van der Waals surface area contributed by atoms with E-state index in [1.807, 2.05) is 49.4 Å². The standard InChI is InChI=1S/C26H28ClN5O2/c1-18-15-20(27)16-21(25(18)34-14-11-32-9-12-33-13-10-32)26-30-22-6-4-5-19(24(22)31-26)17-29-23-7-2-3-8-28-23/h2-8,15-16H,9-14,17H2,1H3,(H,28,29)(H,30,31). The van der Waals surface area contributed by atoms with Crippen LogP contribution < -0.4 is 10.1 Å². The largest absolute Gasteiger partial charge is 0.491 e. The molecule has 1 aliphatic rings. The number of H-pyrrole nitrogens is 1. The first-order valence-corrected chi connectivity index (χ1v) is 11.9. The van der Waals surface area contributed by atoms with Crippen molar-refractivity contribution in [3.63, 3.8) is 0 Å². The molecular weight excluding hydrogens is 450 g/mol. The maximum Gasteiger partial charge on any atom is 0.142 e. The van der Waals surface area contributed by atoms with E-state index in [-0.39, 0.29) is 0 Å². The lowest BCUT2D eigenvalue weighted by molar-refractivity contribution is 0.0322. The molecular formula is C26H28ClN5O2. The van der Waals surface area contributed by atoms with Gasteiger partial charge in [-0.1, -0.05) is 29.8 Å². The van der Waals surface area contributed by atoms with Crippen LogP contribution in [0, 0.1) is 6.92 Å². The summed E-state index contributed by atoms with van der Waals surface area (Å²) in [6.45, 7) is 7.52. The first-order chi connectivity index (χ1) is 16.7. The van der Waals surface area contributed by atoms with E-state index >= 15 is 0 Å². The van der Waals surface area contributed by atoms with Crippen LogP contribution in [0.2, 0.25) is 5.02 Å². The second kappa shape index (κ2) is 10.4. The van der Waals surface area contributed by atoms with E-state index in [0.717, 1.165) is 78.0 Å². The Balaban J connectivity index is 1.40. The van der Waals surface area contributed by atoms with Gasteiger partial charge in [-0.05, 0) is 48.4 Å². The van der Waals surface area contributed by atoms with Gasteiger partial charge >= 0.3 is 0 Å². The summed E-state index contributed by atoms with van der Waals surface area (Å²) in [5, 5.41) is 4.02. The molecule has 2 aromatic carbocycles. The van der Waals surface area contributed by atoms with Crippen molar-refractivity contribution in [2.45, 2.75) is 13.5 Å². The number of nitrogens with zero attached hydrogens (tertiary/aromatic N) is 3. The second-order valence-corrected chi connectivity index (χ2v) is 8.81. The quantitative estimate of drug-likeness (QED) is 0.375. The van der Waals surface area contributed by atoms with Gasteiger partial charge in [-0.2, -0.15) is 0 Å². The Morgan fingerprint density at radius 1 is 1.15 bits per heavy atom. The number of morpholine rings is 1. The van der Waals surface area contributed by atoms with Crippen LogP contribution in [0.15, 0.2) is 54.7 Å². The minimum Gasteiger partial charge on any atom is -0.491 e. The number of ether oxygens (including phenoxy) is 2. The highest BCUT2D eigenvalue weighted by atomic mass is 35.5. The molecule has 0 aliphatic carbocycles. The van der Waals surface area contributed by atoms with Crippen LogP contribution in [-0.4, -0.2) is 59.3 Å². The lowest BCUT2D eigenvalue weighted by Crippen LogP contribution is -2.38. The lowest BCUT2D eigenvalue weighted by Gasteiger charge is -2.26. The smallest absolute Gasteiger partial charge is 0.142 e. The molecule has 2 N–H and O–H groups in total. The Labute approximate surface area is 204 Å². The summed E-state index contributed by atoms with van der Waals surface area (Å²) < 4.78 is 11.7. The Kier molecular flexibility index (Phi) is 6.94. The minimum atomic E-state index is 0.592. The number of pyridine rings is 1. The van der Waals surface area contributed by atoms with Crippen LogP contribution in [-0.2, 0) is 11.3 Å². The highest BCUT2D eigenvalue weighted by Crippen LogP contribution is 2.36. The first-order valence-electron chi connectivity index (χ1n) is 11.5. The van der Waals surface area contributed by atoms with Crippen molar-refractivity contribution in [1.82, 2.24) is 19.9 Å². The van der Waals surface area contributed by atoms with Crippen molar-refractivity contribution in [3.8, 4) is 17.1 Å². The average Bonchev–Trinajstić information content (AvgIpc) is 3.30. The normalized spacial score (nSPS) is 14.4. The summed E-state index contributed by atoms with van der Waals surface area (Å²) in [6.07, 6.45) is 1.78. The van der Waals surface area contributed by atoms with Gasteiger partial charge in [0.1, 0.15) is 24.0 Å². The van der Waals surface area contributed by atoms with Gasteiger partial charge in [0.2, 0.25) is 0 Å². The molecule has 0 atom stereocenters. The summed E-state index contributed by atoms with van der Waals surface area (Å²) >= 11 is 6.44. The average molecular weight is 478 g/mol. The van der Waals surface area contributed by atoms with E-state index in [1.165, 1.54) is 0 Å². The number of halogens is 1. The molecule has 0 bridgehead atoms. The highest BCUT2D eigenvalue weighted by molar-refractivity contribution is 6.31. The van der Waals surface area contributed by atoms with Crippen molar-refractivity contribution < 1.29 is 9.47 Å². The van der Waals surface area contributed by atoms with Gasteiger partial charge in [-0.15, -0.1) is 0 Å². The molecule has 0 spiro atoms. The molecule has 4 aromatic rings. The lowest BCUT2D eigenvalue weighted by atomic mass is 10.1. The Bertz CT molecular complexity index is 1260. The van der Waals surface area contributed by atoms with Gasteiger partial charge in [0, 0.05) is 37.4 Å². The van der Waals surface area contributed by atoms with Gasteiger partial charge < -0.3 is 19.8 Å². The van der Waals surface area contributed by atoms with Gasteiger partial charge in [0.05, 0.1) is 29.8 Å². The van der Waals surface area contributed by atoms with E-state index in [0.29, 0.717) is 18.2 Å². The third-order valence-corrected chi connectivity index (χ3v) is 6.19. The van der Waals surface area contributed by atoms with Crippen LogP contribution in [0.4, 0.5) is 5.82 Å². The molecule has 0 unspecified atom stereocenters. The Hall–Kier alpha value is -3.13. The maximum atomic E-state index is 6.44. The zero-order valence-corrected chi connectivity index (χ0v) is 19.9. The number of aryl methyl sites for hydroxylation is 1. The molecule has 5 rings (SSSR count). The van der Waals surface area contributed by atoms with Crippen molar-refractivity contribution in [3.05, 3.63) is 70.9 Å². The number of para-hydroxylation sites is 1. The number of imidazole rings is 1. The van der Waals surface area contributed by atoms with Crippen LogP contribution in [0.5, 0.6) is 5.75 Å². The third kappa shape index (κ3) is 5.17. The zero-order chi connectivity index (χ0) is 23.3. The number of hydrogen-bond donors (Lipinski definition) is 2. The van der Waals surface area contributed by atoms with Gasteiger partial charge in [-0.25, -0.2) is 9.97 Å². The van der Waals surface area contributed by atoms with Gasteiger partial charge in [0.25, 0.3) is 0 Å². The number of rotatable bonds is 8. The van der Waals surface area contributed by atoms with E-state index < -0.39 is 0 Å². The minimum absolute atomic E-state index is 0.592. The topological polar surface area (TPSA) is 75.3 Å². The number of hydrogen-bond acceptors (Lipinski definition) is 6. The predicted octanol–water partition coefficient (Wildman–Crippen LogP) is 4.91. The predicted molar refractivity (Wildman–Crippen MR) is 136 cm³/mol. The molecule has 1 saturated heterocycles. The molecule has 176 valence electrons. The molecule has 34 heavy (non-hydrogen) atoms. The van der Waals surface area contributed by atoms with E-state index in [4.69, 9.17) is 26.1 Å². The number of aromatic nitrogens is 3. The summed E-state index contributed by atoms with van der Waals surface area (Å²) in [5.41, 5.74) is 4.82. The monoisotopic (exact) mass is 477 g/mol. The van der Waals surface area contributed by atoms with Crippen molar-refractivity contribution in [2.75, 3.05) is 44.8 Å². The van der Waals surface area contributed by atoms with Crippen LogP contribution in [0.1, 0.15) is 11.1 Å². The first kappa shape index (κ1) is 22.7. The Morgan fingerprint density at radius 2 is 2.03 bits per heavy atom. The van der Waals surface area contributed by atoms with E-state index in [9.17, 15) is 0 Å². The van der Waals surface area contributed by atoms with Crippen molar-refractivity contribution >= 4 is 28.5 Å². The fourth-order valence-electron chi connectivity index (χ4n) is 4.21. The molecule has 1 aliphatic heterocycles. The summed E-state index contributed by atoms with van der Waals surface area (Å²) in [5.74, 6) is 2.38. The molecule has 8 heteroatoms. The van der Waals surface area contributed by atoms with Crippen molar-refractivity contribution in [2.24, 2.45) is 0 Å². The zero-order valence-electron chi connectivity index (χ0n) is 19.2. The molecule has 3 heterocycles. The van der Waals surface area contributed by atoms with E-state index in [2.05, 4.69) is 26.3 Å². The fourth-order valence-corrected chi connectivity index (χ4v) is 4.49. The number of nitrogens with one attached hydrogen (secondary N) is 2. The number of benzene rings is 2. The van der Waals surface area contributed by atoms with Gasteiger partial charge in [0.15, 0.2) is 0 Å². The Morgan fingerprint density at radius 3 is 2.85 bits per heavy atom. The van der Waals surface area contributed by atoms with Crippen LogP contribution >= 0.6 is 11.6 Å². The number of fused-ring (bicyclic) bond motifs is 1. The van der Waals surface area contributed by atoms with Gasteiger partial charge in [-0.3, -0.25) is 4.90 Å². The SMILES string of the molecule is Cc1cc(Cl)cc(-c2nc3c(CNc4ccccn4)cccc3[nH]2)c1OCCN1CCOCC1. The molecule has 0 amide bonds. The second-order valence-electron chi connectivity index (χ2n) is 8.37. The molecule has 0 radical (unpaired) electrons. The maximum absolute atomic E-state index is 6.44. The molecule has 2 aromatic heterocycles. The molecule has 1 fully saturated rings. The number of anilines is 1. The summed E-state index contributed by atoms with van der Waals surface area (Å²) in [6, 6.07) is 15.8. The van der Waals surface area contributed by atoms with Crippen molar-refractivity contribution in [1.29, 1.82) is 0 Å².